The topological polar surface area (TPSA) is 49.1 Å². The number of nitrogens with zero attached hydrogens (tertiary/aromatic N) is 3. The van der Waals surface area contributed by atoms with Crippen molar-refractivity contribution in [3.8, 4) is 6.07 Å². The molecule has 1 aromatic heterocycles. The average molecular weight is 254 g/mol. The predicted octanol–water partition coefficient (Wildman–Crippen LogP) is 2.47. The number of hydrogen-bond donors (Lipinski definition) is 0. The van der Waals surface area contributed by atoms with Crippen molar-refractivity contribution >= 4 is 17.4 Å². The van der Waals surface area contributed by atoms with Gasteiger partial charge in [0.15, 0.2) is 0 Å². The molecule has 17 heavy (non-hydrogen) atoms. The van der Waals surface area contributed by atoms with Gasteiger partial charge in [0.2, 0.25) is 0 Å². The van der Waals surface area contributed by atoms with Gasteiger partial charge in [0.05, 0.1) is 24.3 Å². The molecule has 1 heterocycles. The minimum Gasteiger partial charge on any atom is -0.377 e. The Morgan fingerprint density at radius 3 is 2.82 bits per heavy atom. The van der Waals surface area contributed by atoms with Gasteiger partial charge in [-0.2, -0.15) is 5.26 Å². The van der Waals surface area contributed by atoms with Gasteiger partial charge in [-0.1, -0.05) is 11.6 Å². The van der Waals surface area contributed by atoms with Crippen LogP contribution in [0.3, 0.4) is 0 Å². The maximum absolute atomic E-state index is 8.84. The van der Waals surface area contributed by atoms with E-state index in [0.717, 1.165) is 0 Å². The number of nitriles is 1. The van der Waals surface area contributed by atoms with Crippen molar-refractivity contribution in [1.29, 1.82) is 5.26 Å². The first-order valence-corrected chi connectivity index (χ1v) is 5.81. The number of halogens is 1. The van der Waals surface area contributed by atoms with Crippen LogP contribution in [0.15, 0.2) is 12.1 Å². The van der Waals surface area contributed by atoms with Crippen LogP contribution in [-0.2, 0) is 4.74 Å². The van der Waals surface area contributed by atoms with Crippen LogP contribution < -0.4 is 4.90 Å². The van der Waals surface area contributed by atoms with E-state index in [0.29, 0.717) is 29.7 Å². The van der Waals surface area contributed by atoms with E-state index in [1.807, 2.05) is 25.8 Å². The first kappa shape index (κ1) is 13.8. The highest BCUT2D eigenvalue weighted by Crippen LogP contribution is 2.16. The number of anilines is 1. The first-order chi connectivity index (χ1) is 8.02. The lowest BCUT2D eigenvalue weighted by Crippen LogP contribution is -2.24. The second-order valence-electron chi connectivity index (χ2n) is 3.99. The normalized spacial score (nSPS) is 10.4. The Kier molecular flexibility index (Phi) is 5.20. The van der Waals surface area contributed by atoms with Crippen LogP contribution >= 0.6 is 11.6 Å². The molecule has 0 amide bonds. The van der Waals surface area contributed by atoms with Crippen LogP contribution in [0.4, 0.5) is 5.82 Å². The summed E-state index contributed by atoms with van der Waals surface area (Å²) >= 11 is 5.84. The summed E-state index contributed by atoms with van der Waals surface area (Å²) in [5.41, 5.74) is 0.511. The fourth-order valence-electron chi connectivity index (χ4n) is 1.28. The predicted molar refractivity (Wildman–Crippen MR) is 68.3 cm³/mol. The molecule has 0 aromatic carbocycles. The number of hydrogen-bond acceptors (Lipinski definition) is 4. The summed E-state index contributed by atoms with van der Waals surface area (Å²) in [6.07, 6.45) is 0.213. The lowest BCUT2D eigenvalue weighted by atomic mass is 10.3. The maximum atomic E-state index is 8.84. The molecule has 0 aliphatic heterocycles. The highest BCUT2D eigenvalue weighted by Gasteiger charge is 2.06. The third kappa shape index (κ3) is 4.59. The van der Waals surface area contributed by atoms with E-state index < -0.39 is 0 Å². The molecular weight excluding hydrogens is 238 g/mol. The summed E-state index contributed by atoms with van der Waals surface area (Å²) in [5.74, 6) is 0.682. The Hall–Kier alpha value is -1.31. The van der Waals surface area contributed by atoms with Crippen LogP contribution in [0.5, 0.6) is 0 Å². The molecule has 92 valence electrons. The Labute approximate surface area is 107 Å². The fraction of sp³-hybridized carbons (Fsp3) is 0.500. The van der Waals surface area contributed by atoms with Gasteiger partial charge in [-0.25, -0.2) is 4.98 Å². The van der Waals surface area contributed by atoms with Crippen molar-refractivity contribution in [3.05, 3.63) is 22.8 Å². The zero-order valence-corrected chi connectivity index (χ0v) is 11.0. The molecule has 0 saturated heterocycles. The van der Waals surface area contributed by atoms with Crippen molar-refractivity contribution in [2.24, 2.45) is 0 Å². The van der Waals surface area contributed by atoms with Gasteiger partial charge in [-0.3, -0.25) is 0 Å². The molecule has 1 aromatic rings. The highest BCUT2D eigenvalue weighted by molar-refractivity contribution is 6.29. The monoisotopic (exact) mass is 253 g/mol. The Morgan fingerprint density at radius 2 is 2.24 bits per heavy atom. The zero-order valence-electron chi connectivity index (χ0n) is 10.3. The van der Waals surface area contributed by atoms with Crippen molar-refractivity contribution in [3.63, 3.8) is 0 Å². The molecule has 0 saturated carbocycles. The molecule has 0 bridgehead atoms. The molecule has 5 heteroatoms. The van der Waals surface area contributed by atoms with E-state index >= 15 is 0 Å². The fourth-order valence-corrected chi connectivity index (χ4v) is 1.49. The molecule has 4 nitrogen and oxygen atoms in total. The van der Waals surface area contributed by atoms with Gasteiger partial charge in [0, 0.05) is 13.6 Å². The lowest BCUT2D eigenvalue weighted by Gasteiger charge is -2.19. The first-order valence-electron chi connectivity index (χ1n) is 5.43. The minimum absolute atomic E-state index is 0.213. The van der Waals surface area contributed by atoms with Gasteiger partial charge >= 0.3 is 0 Å². The molecule has 0 aliphatic rings. The summed E-state index contributed by atoms with van der Waals surface area (Å²) in [6.45, 7) is 5.30. The third-order valence-electron chi connectivity index (χ3n) is 2.18. The summed E-state index contributed by atoms with van der Waals surface area (Å²) in [7, 11) is 1.89. The van der Waals surface area contributed by atoms with Gasteiger partial charge < -0.3 is 9.64 Å². The average Bonchev–Trinajstić information content (AvgIpc) is 2.27. The van der Waals surface area contributed by atoms with Crippen LogP contribution in [0.1, 0.15) is 19.4 Å². The molecule has 0 radical (unpaired) electrons. The van der Waals surface area contributed by atoms with Gasteiger partial charge in [-0.05, 0) is 26.0 Å². The molecule has 0 aliphatic carbocycles. The van der Waals surface area contributed by atoms with Gasteiger partial charge in [0.1, 0.15) is 11.0 Å². The minimum atomic E-state index is 0.213. The second-order valence-corrected chi connectivity index (χ2v) is 4.38. The Bertz CT molecular complexity index is 415. The van der Waals surface area contributed by atoms with Crippen molar-refractivity contribution < 1.29 is 4.74 Å². The maximum Gasteiger partial charge on any atom is 0.132 e. The van der Waals surface area contributed by atoms with Crippen molar-refractivity contribution in [1.82, 2.24) is 4.98 Å². The number of aromatic nitrogens is 1. The highest BCUT2D eigenvalue weighted by atomic mass is 35.5. The number of pyridine rings is 1. The third-order valence-corrected chi connectivity index (χ3v) is 2.37. The number of rotatable bonds is 5. The quantitative estimate of drug-likeness (QED) is 0.757. The Balaban J connectivity index is 2.65. The van der Waals surface area contributed by atoms with Crippen LogP contribution in [0.2, 0.25) is 5.15 Å². The van der Waals surface area contributed by atoms with Gasteiger partial charge in [-0.15, -0.1) is 0 Å². The summed E-state index contributed by atoms with van der Waals surface area (Å²) < 4.78 is 5.45. The number of ether oxygens (including phenoxy) is 1. The van der Waals surface area contributed by atoms with E-state index in [-0.39, 0.29) is 6.10 Å². The van der Waals surface area contributed by atoms with Crippen molar-refractivity contribution in [2.45, 2.75) is 20.0 Å². The summed E-state index contributed by atoms with van der Waals surface area (Å²) in [5, 5.41) is 9.17. The number of likely N-dealkylation sites (N-methyl/N-ethyl adjacent to an activating group) is 1. The van der Waals surface area contributed by atoms with Crippen molar-refractivity contribution in [2.75, 3.05) is 25.1 Å². The second kappa shape index (κ2) is 6.43. The smallest absolute Gasteiger partial charge is 0.132 e. The zero-order chi connectivity index (χ0) is 12.8. The molecule has 0 fully saturated rings. The van der Waals surface area contributed by atoms with Gasteiger partial charge in [0.25, 0.3) is 0 Å². The van der Waals surface area contributed by atoms with E-state index in [1.165, 1.54) is 0 Å². The Morgan fingerprint density at radius 1 is 1.53 bits per heavy atom. The molecule has 1 rings (SSSR count). The lowest BCUT2D eigenvalue weighted by molar-refractivity contribution is 0.0845. The largest absolute Gasteiger partial charge is 0.377 e. The van der Waals surface area contributed by atoms with E-state index in [2.05, 4.69) is 11.1 Å². The van der Waals surface area contributed by atoms with E-state index in [4.69, 9.17) is 21.6 Å². The summed E-state index contributed by atoms with van der Waals surface area (Å²) in [6, 6.07) is 5.31. The van der Waals surface area contributed by atoms with E-state index in [1.54, 1.807) is 12.1 Å². The van der Waals surface area contributed by atoms with E-state index in [9.17, 15) is 0 Å². The SMILES string of the molecule is CC(C)OCCN(C)c1cc(C#N)cc(Cl)n1. The molecule has 0 N–H and O–H groups in total. The van der Waals surface area contributed by atoms with Crippen LogP contribution in [0.25, 0.3) is 0 Å². The molecule has 0 atom stereocenters. The van der Waals surface area contributed by atoms with Crippen LogP contribution in [0, 0.1) is 11.3 Å². The van der Waals surface area contributed by atoms with Crippen LogP contribution in [-0.4, -0.2) is 31.3 Å². The molecule has 0 unspecified atom stereocenters. The molecular formula is C12H16ClN3O. The standard InChI is InChI=1S/C12H16ClN3O/c1-9(2)17-5-4-16(3)12-7-10(8-14)6-11(13)15-12/h6-7,9H,4-5H2,1-3H3. The summed E-state index contributed by atoms with van der Waals surface area (Å²) in [4.78, 5) is 6.08. The molecule has 0 spiro atoms.